The lowest BCUT2D eigenvalue weighted by atomic mass is 10.1. The molecule has 0 atom stereocenters. The van der Waals surface area contributed by atoms with E-state index in [1.807, 2.05) is 24.3 Å². The van der Waals surface area contributed by atoms with Crippen LogP contribution in [0.3, 0.4) is 0 Å². The molecule has 0 saturated carbocycles. The second-order valence-electron chi connectivity index (χ2n) is 5.25. The van der Waals surface area contributed by atoms with Crippen LogP contribution in [0.4, 0.5) is 18.9 Å². The van der Waals surface area contributed by atoms with Crippen molar-refractivity contribution in [3.63, 3.8) is 0 Å². The third-order valence-electron chi connectivity index (χ3n) is 3.53. The average molecular weight is 323 g/mol. The molecule has 1 heterocycles. The van der Waals surface area contributed by atoms with E-state index in [2.05, 4.69) is 5.32 Å². The zero-order valence-electron chi connectivity index (χ0n) is 12.3. The molecule has 0 aromatic heterocycles. The third-order valence-corrected chi connectivity index (χ3v) is 3.53. The van der Waals surface area contributed by atoms with Crippen molar-refractivity contribution in [2.24, 2.45) is 0 Å². The second kappa shape index (κ2) is 6.60. The Morgan fingerprint density at radius 2 is 1.74 bits per heavy atom. The number of ether oxygens (including phenoxy) is 2. The lowest BCUT2D eigenvalue weighted by Gasteiger charge is -2.13. The van der Waals surface area contributed by atoms with Crippen molar-refractivity contribution >= 4 is 5.69 Å². The molecule has 6 heteroatoms. The van der Waals surface area contributed by atoms with Crippen molar-refractivity contribution in [3.8, 4) is 0 Å². The van der Waals surface area contributed by atoms with Crippen LogP contribution in [-0.4, -0.2) is 13.2 Å². The summed E-state index contributed by atoms with van der Waals surface area (Å²) >= 11 is 0. The van der Waals surface area contributed by atoms with E-state index < -0.39 is 11.7 Å². The van der Waals surface area contributed by atoms with E-state index in [9.17, 15) is 13.2 Å². The van der Waals surface area contributed by atoms with Gasteiger partial charge in [-0.25, -0.2) is 0 Å². The SMILES string of the molecule is FC(F)(F)c1cccc(CNc2cccc(C3OCCO3)c2)c1. The first-order chi connectivity index (χ1) is 11.0. The first kappa shape index (κ1) is 15.8. The van der Waals surface area contributed by atoms with Gasteiger partial charge in [-0.15, -0.1) is 0 Å². The second-order valence-corrected chi connectivity index (χ2v) is 5.25. The molecule has 1 aliphatic heterocycles. The quantitative estimate of drug-likeness (QED) is 0.907. The van der Waals surface area contributed by atoms with Crippen LogP contribution in [0.5, 0.6) is 0 Å². The molecule has 3 rings (SSSR count). The highest BCUT2D eigenvalue weighted by Gasteiger charge is 2.30. The van der Waals surface area contributed by atoms with E-state index in [1.165, 1.54) is 6.07 Å². The molecule has 0 radical (unpaired) electrons. The van der Waals surface area contributed by atoms with Gasteiger partial charge in [0.15, 0.2) is 6.29 Å². The fourth-order valence-corrected chi connectivity index (χ4v) is 2.41. The fourth-order valence-electron chi connectivity index (χ4n) is 2.41. The lowest BCUT2D eigenvalue weighted by molar-refractivity contribution is -0.137. The minimum Gasteiger partial charge on any atom is -0.381 e. The van der Waals surface area contributed by atoms with E-state index in [0.29, 0.717) is 25.3 Å². The van der Waals surface area contributed by atoms with Crippen molar-refractivity contribution in [3.05, 3.63) is 65.2 Å². The van der Waals surface area contributed by atoms with Crippen molar-refractivity contribution in [1.29, 1.82) is 0 Å². The molecule has 2 aromatic carbocycles. The molecule has 3 nitrogen and oxygen atoms in total. The van der Waals surface area contributed by atoms with E-state index in [1.54, 1.807) is 6.07 Å². The summed E-state index contributed by atoms with van der Waals surface area (Å²) in [6.45, 7) is 1.43. The van der Waals surface area contributed by atoms with Gasteiger partial charge in [0.1, 0.15) is 0 Å². The number of halogens is 3. The van der Waals surface area contributed by atoms with Gasteiger partial charge in [-0.3, -0.25) is 0 Å². The van der Waals surface area contributed by atoms with Crippen LogP contribution in [0.2, 0.25) is 0 Å². The molecule has 122 valence electrons. The minimum atomic E-state index is -4.33. The first-order valence-corrected chi connectivity index (χ1v) is 7.25. The monoisotopic (exact) mass is 323 g/mol. The van der Waals surface area contributed by atoms with Gasteiger partial charge >= 0.3 is 6.18 Å². The van der Waals surface area contributed by atoms with Crippen molar-refractivity contribution < 1.29 is 22.6 Å². The summed E-state index contributed by atoms with van der Waals surface area (Å²) in [5.74, 6) is 0. The summed E-state index contributed by atoms with van der Waals surface area (Å²) in [6, 6.07) is 12.8. The Balaban J connectivity index is 1.67. The summed E-state index contributed by atoms with van der Waals surface area (Å²) in [5.41, 5.74) is 1.62. The Morgan fingerprint density at radius 1 is 1.00 bits per heavy atom. The number of alkyl halides is 3. The van der Waals surface area contributed by atoms with Crippen LogP contribution in [0.1, 0.15) is 23.0 Å². The van der Waals surface area contributed by atoms with Crippen molar-refractivity contribution in [1.82, 2.24) is 0 Å². The standard InChI is InChI=1S/C17H16F3NO2/c18-17(19,20)14-5-1-3-12(9-14)11-21-15-6-2-4-13(10-15)16-22-7-8-23-16/h1-6,9-10,16,21H,7-8,11H2. The van der Waals surface area contributed by atoms with E-state index in [0.717, 1.165) is 23.4 Å². The first-order valence-electron chi connectivity index (χ1n) is 7.25. The smallest absolute Gasteiger partial charge is 0.381 e. The molecule has 1 fully saturated rings. The van der Waals surface area contributed by atoms with Crippen LogP contribution in [0.15, 0.2) is 48.5 Å². The van der Waals surface area contributed by atoms with E-state index >= 15 is 0 Å². The Bertz CT molecular complexity index is 667. The van der Waals surface area contributed by atoms with Gasteiger partial charge in [-0.1, -0.05) is 24.3 Å². The fraction of sp³-hybridized carbons (Fsp3) is 0.294. The summed E-state index contributed by atoms with van der Waals surface area (Å²) in [4.78, 5) is 0. The molecule has 0 spiro atoms. The zero-order chi connectivity index (χ0) is 16.3. The average Bonchev–Trinajstić information content (AvgIpc) is 3.07. The van der Waals surface area contributed by atoms with Gasteiger partial charge in [-0.05, 0) is 29.8 Å². The normalized spacial score (nSPS) is 15.8. The molecular formula is C17H16F3NO2. The van der Waals surface area contributed by atoms with Crippen LogP contribution < -0.4 is 5.32 Å². The highest BCUT2D eigenvalue weighted by molar-refractivity contribution is 5.46. The summed E-state index contributed by atoms with van der Waals surface area (Å²) in [6.07, 6.45) is -4.70. The van der Waals surface area contributed by atoms with E-state index in [4.69, 9.17) is 9.47 Å². The van der Waals surface area contributed by atoms with Gasteiger partial charge in [-0.2, -0.15) is 13.2 Å². The predicted octanol–water partition coefficient (Wildman–Crippen LogP) is 4.36. The van der Waals surface area contributed by atoms with Gasteiger partial charge < -0.3 is 14.8 Å². The molecule has 0 aliphatic carbocycles. The highest BCUT2D eigenvalue weighted by atomic mass is 19.4. The van der Waals surface area contributed by atoms with E-state index in [-0.39, 0.29) is 6.29 Å². The zero-order valence-corrected chi connectivity index (χ0v) is 12.3. The number of anilines is 1. The maximum Gasteiger partial charge on any atom is 0.416 e. The Kier molecular flexibility index (Phi) is 4.54. The molecule has 1 N–H and O–H groups in total. The maximum atomic E-state index is 12.7. The van der Waals surface area contributed by atoms with Crippen LogP contribution in [0.25, 0.3) is 0 Å². The molecule has 0 unspecified atom stereocenters. The van der Waals surface area contributed by atoms with Crippen LogP contribution in [-0.2, 0) is 22.2 Å². The Hall–Kier alpha value is -2.05. The van der Waals surface area contributed by atoms with Crippen LogP contribution >= 0.6 is 0 Å². The summed E-state index contributed by atoms with van der Waals surface area (Å²) in [7, 11) is 0. The van der Waals surface area contributed by atoms with Gasteiger partial charge in [0.2, 0.25) is 0 Å². The largest absolute Gasteiger partial charge is 0.416 e. The molecule has 0 bridgehead atoms. The predicted molar refractivity (Wildman–Crippen MR) is 79.9 cm³/mol. The molecule has 1 aliphatic rings. The molecule has 0 amide bonds. The summed E-state index contributed by atoms with van der Waals surface area (Å²) < 4.78 is 49.0. The number of nitrogens with one attached hydrogen (secondary N) is 1. The molecule has 23 heavy (non-hydrogen) atoms. The van der Waals surface area contributed by atoms with Crippen LogP contribution in [0, 0.1) is 0 Å². The molecule has 1 saturated heterocycles. The number of rotatable bonds is 4. The molecular weight excluding hydrogens is 307 g/mol. The Labute approximate surface area is 132 Å². The lowest BCUT2D eigenvalue weighted by Crippen LogP contribution is -2.07. The third kappa shape index (κ3) is 4.03. The number of benzene rings is 2. The van der Waals surface area contributed by atoms with Crippen molar-refractivity contribution in [2.75, 3.05) is 18.5 Å². The molecule has 2 aromatic rings. The minimum absolute atomic E-state index is 0.305. The van der Waals surface area contributed by atoms with Gasteiger partial charge in [0, 0.05) is 17.8 Å². The van der Waals surface area contributed by atoms with Crippen molar-refractivity contribution in [2.45, 2.75) is 19.0 Å². The highest BCUT2D eigenvalue weighted by Crippen LogP contribution is 2.30. The summed E-state index contributed by atoms with van der Waals surface area (Å²) in [5, 5.41) is 3.13. The van der Waals surface area contributed by atoms with Gasteiger partial charge in [0.25, 0.3) is 0 Å². The number of hydrogen-bond donors (Lipinski definition) is 1. The number of hydrogen-bond acceptors (Lipinski definition) is 3. The maximum absolute atomic E-state index is 12.7. The van der Waals surface area contributed by atoms with Gasteiger partial charge in [0.05, 0.1) is 18.8 Å². The topological polar surface area (TPSA) is 30.5 Å². The Morgan fingerprint density at radius 3 is 2.48 bits per heavy atom.